The number of aromatic hydroxyl groups is 1. The summed E-state index contributed by atoms with van der Waals surface area (Å²) >= 11 is 6.08. The molecule has 0 spiro atoms. The maximum atomic E-state index is 10.0. The number of ether oxygens (including phenoxy) is 1. The molecule has 0 saturated heterocycles. The molecule has 1 saturated carbocycles. The van der Waals surface area contributed by atoms with Gasteiger partial charge in [-0.05, 0) is 37.8 Å². The largest absolute Gasteiger partial charge is 0.507 e. The second kappa shape index (κ2) is 3.82. The Morgan fingerprint density at radius 1 is 1.56 bits per heavy atom. The molecule has 1 aliphatic carbocycles. The van der Waals surface area contributed by atoms with Crippen LogP contribution in [0.5, 0.6) is 11.5 Å². The van der Waals surface area contributed by atoms with Gasteiger partial charge in [-0.25, -0.2) is 0 Å². The molecule has 1 aliphatic rings. The Morgan fingerprint density at radius 2 is 2.19 bits per heavy atom. The van der Waals surface area contributed by atoms with Gasteiger partial charge in [-0.15, -0.1) is 0 Å². The van der Waals surface area contributed by atoms with Gasteiger partial charge in [0.2, 0.25) is 0 Å². The molecular formula is C12H16ClNO2. The topological polar surface area (TPSA) is 55.5 Å². The van der Waals surface area contributed by atoms with Crippen molar-refractivity contribution in [1.82, 2.24) is 0 Å². The summed E-state index contributed by atoms with van der Waals surface area (Å²) in [5.41, 5.74) is 7.38. The normalized spacial score (nSPS) is 17.2. The van der Waals surface area contributed by atoms with Gasteiger partial charge in [0.15, 0.2) is 0 Å². The van der Waals surface area contributed by atoms with Crippen LogP contribution in [0.4, 0.5) is 0 Å². The number of halogens is 1. The van der Waals surface area contributed by atoms with Gasteiger partial charge in [-0.2, -0.15) is 0 Å². The third-order valence-electron chi connectivity index (χ3n) is 3.16. The first-order chi connectivity index (χ1) is 7.47. The van der Waals surface area contributed by atoms with E-state index >= 15 is 0 Å². The van der Waals surface area contributed by atoms with Gasteiger partial charge < -0.3 is 15.6 Å². The highest BCUT2D eigenvalue weighted by Gasteiger charge is 2.39. The summed E-state index contributed by atoms with van der Waals surface area (Å²) in [5.74, 6) is 0.780. The quantitative estimate of drug-likeness (QED) is 0.855. The van der Waals surface area contributed by atoms with E-state index in [9.17, 15) is 5.11 Å². The van der Waals surface area contributed by atoms with Crippen LogP contribution in [0.25, 0.3) is 0 Å². The van der Waals surface area contributed by atoms with Crippen LogP contribution in [0.1, 0.15) is 24.0 Å². The maximum Gasteiger partial charge on any atom is 0.144 e. The van der Waals surface area contributed by atoms with Crippen LogP contribution in [0.2, 0.25) is 5.02 Å². The fraction of sp³-hybridized carbons (Fsp3) is 0.500. The van der Waals surface area contributed by atoms with Crippen molar-refractivity contribution in [3.63, 3.8) is 0 Å². The first-order valence-electron chi connectivity index (χ1n) is 5.31. The average Bonchev–Trinajstić information content (AvgIpc) is 2.93. The van der Waals surface area contributed by atoms with E-state index in [1.54, 1.807) is 20.1 Å². The number of hydrogen-bond donors (Lipinski definition) is 2. The molecule has 1 aromatic rings. The Bertz CT molecular complexity index is 428. The molecule has 88 valence electrons. The smallest absolute Gasteiger partial charge is 0.144 e. The minimum Gasteiger partial charge on any atom is -0.507 e. The van der Waals surface area contributed by atoms with E-state index in [0.29, 0.717) is 22.8 Å². The molecule has 1 aromatic carbocycles. The van der Waals surface area contributed by atoms with Crippen molar-refractivity contribution in [3.8, 4) is 11.5 Å². The summed E-state index contributed by atoms with van der Waals surface area (Å²) in [7, 11) is 1.54. The van der Waals surface area contributed by atoms with Crippen LogP contribution in [-0.4, -0.2) is 17.8 Å². The lowest BCUT2D eigenvalue weighted by Gasteiger charge is -2.15. The molecule has 0 aliphatic heterocycles. The van der Waals surface area contributed by atoms with Gasteiger partial charge in [0, 0.05) is 11.1 Å². The van der Waals surface area contributed by atoms with Crippen LogP contribution in [0.3, 0.4) is 0 Å². The maximum absolute atomic E-state index is 10.0. The minimum absolute atomic E-state index is 0.137. The molecule has 4 heteroatoms. The lowest BCUT2D eigenvalue weighted by Crippen LogP contribution is -2.24. The van der Waals surface area contributed by atoms with Crippen molar-refractivity contribution >= 4 is 11.6 Å². The molecule has 16 heavy (non-hydrogen) atoms. The Hall–Kier alpha value is -0.930. The summed E-state index contributed by atoms with van der Waals surface area (Å²) < 4.78 is 5.13. The van der Waals surface area contributed by atoms with Gasteiger partial charge >= 0.3 is 0 Å². The molecule has 3 N–H and O–H groups in total. The zero-order valence-electron chi connectivity index (χ0n) is 9.51. The average molecular weight is 242 g/mol. The van der Waals surface area contributed by atoms with Crippen molar-refractivity contribution < 1.29 is 9.84 Å². The highest BCUT2D eigenvalue weighted by atomic mass is 35.5. The van der Waals surface area contributed by atoms with E-state index in [0.717, 1.165) is 18.4 Å². The number of methoxy groups -OCH3 is 1. The van der Waals surface area contributed by atoms with Gasteiger partial charge in [0.25, 0.3) is 0 Å². The Labute approximate surface area is 100 Å². The van der Waals surface area contributed by atoms with E-state index in [2.05, 4.69) is 0 Å². The first-order valence-corrected chi connectivity index (χ1v) is 5.68. The monoisotopic (exact) mass is 241 g/mol. The Kier molecular flexibility index (Phi) is 2.76. The highest BCUT2D eigenvalue weighted by molar-refractivity contribution is 6.32. The molecule has 0 unspecified atom stereocenters. The minimum atomic E-state index is -0.137. The number of nitrogens with two attached hydrogens (primary N) is 1. The molecule has 0 atom stereocenters. The van der Waals surface area contributed by atoms with Crippen LogP contribution in [-0.2, 0) is 6.42 Å². The predicted octanol–water partition coefficient (Wildman–Crippen LogP) is 2.40. The fourth-order valence-electron chi connectivity index (χ4n) is 1.92. The van der Waals surface area contributed by atoms with E-state index in [1.165, 1.54) is 0 Å². The van der Waals surface area contributed by atoms with E-state index in [4.69, 9.17) is 22.1 Å². The number of benzene rings is 1. The van der Waals surface area contributed by atoms with E-state index in [1.807, 2.05) is 0 Å². The number of phenols is 1. The number of phenolic OH excluding ortho intramolecular Hbond substituents is 1. The van der Waals surface area contributed by atoms with Gasteiger partial charge in [0.1, 0.15) is 11.5 Å². The molecule has 0 aromatic heterocycles. The summed E-state index contributed by atoms with van der Waals surface area (Å²) in [4.78, 5) is 0. The number of hydrogen-bond acceptors (Lipinski definition) is 3. The molecule has 0 amide bonds. The zero-order valence-corrected chi connectivity index (χ0v) is 10.3. The van der Waals surface area contributed by atoms with Gasteiger partial charge in [0.05, 0.1) is 12.1 Å². The summed E-state index contributed by atoms with van der Waals surface area (Å²) in [5, 5.41) is 10.6. The highest BCUT2D eigenvalue weighted by Crippen LogP contribution is 2.42. The summed E-state index contributed by atoms with van der Waals surface area (Å²) in [6.45, 7) is 1.79. The van der Waals surface area contributed by atoms with Crippen LogP contribution >= 0.6 is 11.6 Å². The van der Waals surface area contributed by atoms with E-state index < -0.39 is 0 Å². The third kappa shape index (κ3) is 1.97. The lowest BCUT2D eigenvalue weighted by atomic mass is 10.0. The van der Waals surface area contributed by atoms with Crippen molar-refractivity contribution in [3.05, 3.63) is 22.2 Å². The predicted molar refractivity (Wildman–Crippen MR) is 64.3 cm³/mol. The molecule has 0 radical (unpaired) electrons. The summed E-state index contributed by atoms with van der Waals surface area (Å²) in [6.07, 6.45) is 2.69. The summed E-state index contributed by atoms with van der Waals surface area (Å²) in [6, 6.07) is 1.75. The third-order valence-corrected chi connectivity index (χ3v) is 3.44. The van der Waals surface area contributed by atoms with Crippen molar-refractivity contribution in [2.75, 3.05) is 7.11 Å². The van der Waals surface area contributed by atoms with Crippen LogP contribution in [0.15, 0.2) is 6.07 Å². The van der Waals surface area contributed by atoms with Crippen molar-refractivity contribution in [2.24, 2.45) is 5.73 Å². The Morgan fingerprint density at radius 3 is 2.69 bits per heavy atom. The molecule has 2 rings (SSSR count). The van der Waals surface area contributed by atoms with Crippen LogP contribution in [0, 0.1) is 6.92 Å². The molecule has 3 nitrogen and oxygen atoms in total. The zero-order chi connectivity index (χ0) is 11.9. The van der Waals surface area contributed by atoms with E-state index in [-0.39, 0.29) is 11.3 Å². The lowest BCUT2D eigenvalue weighted by molar-refractivity contribution is 0.401. The standard InChI is InChI=1S/C12H16ClNO2/c1-7-10(15)8(6-12(14)3-4-12)5-9(13)11(7)16-2/h5,15H,3-4,6,14H2,1-2H3. The fourth-order valence-corrected chi connectivity index (χ4v) is 2.27. The molecular weight excluding hydrogens is 226 g/mol. The Balaban J connectivity index is 2.39. The second-order valence-electron chi connectivity index (χ2n) is 4.56. The van der Waals surface area contributed by atoms with Gasteiger partial charge in [-0.3, -0.25) is 0 Å². The molecule has 1 fully saturated rings. The van der Waals surface area contributed by atoms with Crippen molar-refractivity contribution in [1.29, 1.82) is 0 Å². The van der Waals surface area contributed by atoms with Gasteiger partial charge in [-0.1, -0.05) is 11.6 Å². The first kappa shape index (κ1) is 11.6. The molecule has 0 heterocycles. The van der Waals surface area contributed by atoms with Crippen molar-refractivity contribution in [2.45, 2.75) is 31.7 Å². The molecule has 0 bridgehead atoms. The number of rotatable bonds is 3. The van der Waals surface area contributed by atoms with Crippen LogP contribution < -0.4 is 10.5 Å². The second-order valence-corrected chi connectivity index (χ2v) is 4.97. The SMILES string of the molecule is COc1c(Cl)cc(CC2(N)CC2)c(O)c1C.